The Kier molecular flexibility index (Phi) is 4.42. The lowest BCUT2D eigenvalue weighted by molar-refractivity contribution is 0.204. The van der Waals surface area contributed by atoms with Gasteiger partial charge in [-0.15, -0.1) is 0 Å². The van der Waals surface area contributed by atoms with E-state index in [1.165, 1.54) is 0 Å². The van der Waals surface area contributed by atoms with Crippen LogP contribution in [0.1, 0.15) is 17.0 Å². The average molecular weight is 258 g/mol. The minimum Gasteiger partial charge on any atom is -0.508 e. The van der Waals surface area contributed by atoms with E-state index >= 15 is 0 Å². The molecule has 0 saturated heterocycles. The van der Waals surface area contributed by atoms with Crippen molar-refractivity contribution in [2.75, 3.05) is 13.2 Å². The molecule has 3 nitrogen and oxygen atoms in total. The summed E-state index contributed by atoms with van der Waals surface area (Å²) in [5.74, 6) is 0.713. The fraction of sp³-hybridized carbons (Fsp3) is 0.250. The first-order chi connectivity index (χ1) is 9.20. The maximum atomic E-state index is 9.51. The average Bonchev–Trinajstić information content (AvgIpc) is 2.41. The molecule has 0 aliphatic rings. The van der Waals surface area contributed by atoms with Crippen LogP contribution < -0.4 is 4.74 Å². The number of aryl methyl sites for hydroxylation is 1. The van der Waals surface area contributed by atoms with Crippen molar-refractivity contribution < 1.29 is 14.9 Å². The summed E-state index contributed by atoms with van der Waals surface area (Å²) >= 11 is 0. The van der Waals surface area contributed by atoms with Gasteiger partial charge in [-0.3, -0.25) is 0 Å². The standard InChI is InChI=1S/C16H18O3/c1-12-5-2-3-8-16(12)13(10-17)11-19-15-7-4-6-14(18)9-15/h2-9,13,17-18H,10-11H2,1H3. The molecule has 0 aliphatic heterocycles. The molecule has 19 heavy (non-hydrogen) atoms. The van der Waals surface area contributed by atoms with Crippen LogP contribution in [0.3, 0.4) is 0 Å². The smallest absolute Gasteiger partial charge is 0.123 e. The molecule has 0 heterocycles. The molecule has 0 fully saturated rings. The molecule has 2 rings (SSSR count). The maximum absolute atomic E-state index is 9.51. The first kappa shape index (κ1) is 13.4. The second-order valence-electron chi connectivity index (χ2n) is 4.54. The number of benzene rings is 2. The number of ether oxygens (including phenoxy) is 1. The van der Waals surface area contributed by atoms with E-state index in [4.69, 9.17) is 4.74 Å². The highest BCUT2D eigenvalue weighted by atomic mass is 16.5. The third-order valence-corrected chi connectivity index (χ3v) is 3.12. The highest BCUT2D eigenvalue weighted by molar-refractivity contribution is 5.33. The number of rotatable bonds is 5. The summed E-state index contributed by atoms with van der Waals surface area (Å²) in [5.41, 5.74) is 2.23. The van der Waals surface area contributed by atoms with E-state index in [0.29, 0.717) is 12.4 Å². The number of phenolic OH excluding ortho intramolecular Hbond substituents is 1. The largest absolute Gasteiger partial charge is 0.508 e. The van der Waals surface area contributed by atoms with Gasteiger partial charge in [0.1, 0.15) is 11.5 Å². The molecule has 3 heteroatoms. The summed E-state index contributed by atoms with van der Waals surface area (Å²) in [7, 11) is 0. The van der Waals surface area contributed by atoms with Crippen molar-refractivity contribution in [1.29, 1.82) is 0 Å². The molecular formula is C16H18O3. The van der Waals surface area contributed by atoms with Gasteiger partial charge in [0.25, 0.3) is 0 Å². The van der Waals surface area contributed by atoms with Crippen LogP contribution in [0.4, 0.5) is 0 Å². The first-order valence-electron chi connectivity index (χ1n) is 6.29. The van der Waals surface area contributed by atoms with Crippen molar-refractivity contribution in [2.45, 2.75) is 12.8 Å². The predicted octanol–water partition coefficient (Wildman–Crippen LogP) is 2.86. The Morgan fingerprint density at radius 3 is 2.58 bits per heavy atom. The van der Waals surface area contributed by atoms with Gasteiger partial charge in [0.05, 0.1) is 13.2 Å². The fourth-order valence-electron chi connectivity index (χ4n) is 2.06. The Hall–Kier alpha value is -2.00. The van der Waals surface area contributed by atoms with E-state index in [1.54, 1.807) is 24.3 Å². The third kappa shape index (κ3) is 3.48. The van der Waals surface area contributed by atoms with Crippen LogP contribution >= 0.6 is 0 Å². The molecule has 100 valence electrons. The van der Waals surface area contributed by atoms with Gasteiger partial charge in [-0.1, -0.05) is 30.3 Å². The zero-order valence-electron chi connectivity index (χ0n) is 10.9. The van der Waals surface area contributed by atoms with Gasteiger partial charge in [0, 0.05) is 12.0 Å². The van der Waals surface area contributed by atoms with E-state index in [9.17, 15) is 10.2 Å². The predicted molar refractivity (Wildman–Crippen MR) is 74.6 cm³/mol. The Labute approximate surface area is 113 Å². The Morgan fingerprint density at radius 1 is 1.11 bits per heavy atom. The van der Waals surface area contributed by atoms with Crippen LogP contribution in [0.25, 0.3) is 0 Å². The zero-order valence-corrected chi connectivity index (χ0v) is 10.9. The van der Waals surface area contributed by atoms with E-state index in [0.717, 1.165) is 11.1 Å². The lowest BCUT2D eigenvalue weighted by atomic mass is 9.96. The van der Waals surface area contributed by atoms with Gasteiger partial charge in [-0.2, -0.15) is 0 Å². The summed E-state index contributed by atoms with van der Waals surface area (Å²) in [6, 6.07) is 14.6. The van der Waals surface area contributed by atoms with Crippen molar-refractivity contribution in [3.05, 3.63) is 59.7 Å². The Morgan fingerprint density at radius 2 is 1.89 bits per heavy atom. The topological polar surface area (TPSA) is 49.7 Å². The van der Waals surface area contributed by atoms with E-state index in [1.807, 2.05) is 31.2 Å². The lowest BCUT2D eigenvalue weighted by Gasteiger charge is -2.17. The van der Waals surface area contributed by atoms with Crippen LogP contribution in [0.5, 0.6) is 11.5 Å². The molecule has 2 N–H and O–H groups in total. The van der Waals surface area contributed by atoms with Crippen LogP contribution in [0, 0.1) is 6.92 Å². The van der Waals surface area contributed by atoms with Crippen molar-refractivity contribution in [3.8, 4) is 11.5 Å². The number of hydrogen-bond donors (Lipinski definition) is 2. The minimum atomic E-state index is -0.0662. The summed E-state index contributed by atoms with van der Waals surface area (Å²) in [6.07, 6.45) is 0. The van der Waals surface area contributed by atoms with Crippen molar-refractivity contribution in [2.24, 2.45) is 0 Å². The van der Waals surface area contributed by atoms with E-state index < -0.39 is 0 Å². The Bertz CT molecular complexity index is 537. The van der Waals surface area contributed by atoms with Gasteiger partial charge in [0.2, 0.25) is 0 Å². The van der Waals surface area contributed by atoms with Crippen LogP contribution in [0.15, 0.2) is 48.5 Å². The number of aliphatic hydroxyl groups is 1. The summed E-state index contributed by atoms with van der Waals surface area (Å²) in [5, 5.41) is 18.9. The van der Waals surface area contributed by atoms with E-state index in [-0.39, 0.29) is 18.3 Å². The summed E-state index contributed by atoms with van der Waals surface area (Å²) in [6.45, 7) is 2.43. The second-order valence-corrected chi connectivity index (χ2v) is 4.54. The van der Waals surface area contributed by atoms with Gasteiger partial charge < -0.3 is 14.9 Å². The van der Waals surface area contributed by atoms with E-state index in [2.05, 4.69) is 0 Å². The normalized spacial score (nSPS) is 12.1. The fourth-order valence-corrected chi connectivity index (χ4v) is 2.06. The molecule has 2 aromatic rings. The van der Waals surface area contributed by atoms with Gasteiger partial charge in [-0.05, 0) is 30.2 Å². The third-order valence-electron chi connectivity index (χ3n) is 3.12. The number of aliphatic hydroxyl groups excluding tert-OH is 1. The molecule has 0 amide bonds. The molecular weight excluding hydrogens is 240 g/mol. The highest BCUT2D eigenvalue weighted by Crippen LogP contribution is 2.23. The molecule has 0 radical (unpaired) electrons. The Balaban J connectivity index is 2.06. The van der Waals surface area contributed by atoms with Crippen LogP contribution in [0.2, 0.25) is 0 Å². The van der Waals surface area contributed by atoms with Gasteiger partial charge in [-0.25, -0.2) is 0 Å². The van der Waals surface area contributed by atoms with Crippen LogP contribution in [-0.2, 0) is 0 Å². The maximum Gasteiger partial charge on any atom is 0.123 e. The molecule has 0 spiro atoms. The second kappa shape index (κ2) is 6.25. The zero-order chi connectivity index (χ0) is 13.7. The van der Waals surface area contributed by atoms with Gasteiger partial charge >= 0.3 is 0 Å². The summed E-state index contributed by atoms with van der Waals surface area (Å²) < 4.78 is 5.63. The van der Waals surface area contributed by atoms with Crippen LogP contribution in [-0.4, -0.2) is 23.4 Å². The van der Waals surface area contributed by atoms with Gasteiger partial charge in [0.15, 0.2) is 0 Å². The SMILES string of the molecule is Cc1ccccc1C(CO)COc1cccc(O)c1. The van der Waals surface area contributed by atoms with Crippen molar-refractivity contribution in [3.63, 3.8) is 0 Å². The first-order valence-corrected chi connectivity index (χ1v) is 6.29. The highest BCUT2D eigenvalue weighted by Gasteiger charge is 2.13. The summed E-state index contributed by atoms with van der Waals surface area (Å²) in [4.78, 5) is 0. The molecule has 1 atom stereocenters. The number of phenols is 1. The molecule has 0 bridgehead atoms. The molecule has 1 unspecified atom stereocenters. The molecule has 0 aromatic heterocycles. The molecule has 0 saturated carbocycles. The minimum absolute atomic E-state index is 0.0314. The quantitative estimate of drug-likeness (QED) is 0.867. The monoisotopic (exact) mass is 258 g/mol. The molecule has 2 aromatic carbocycles. The number of aromatic hydroxyl groups is 1. The lowest BCUT2D eigenvalue weighted by Crippen LogP contribution is -2.15. The van der Waals surface area contributed by atoms with Crippen molar-refractivity contribution in [1.82, 2.24) is 0 Å². The number of hydrogen-bond acceptors (Lipinski definition) is 3. The molecule has 0 aliphatic carbocycles. The van der Waals surface area contributed by atoms with Crippen molar-refractivity contribution >= 4 is 0 Å².